The third kappa shape index (κ3) is 7.65. The topological polar surface area (TPSA) is 9.23 Å². The zero-order valence-electron chi connectivity index (χ0n) is 13.1. The van der Waals surface area contributed by atoms with Crippen molar-refractivity contribution < 1.29 is 4.74 Å². The second-order valence-corrected chi connectivity index (χ2v) is 7.74. The molecular weight excluding hydrogens is 240 g/mol. The Labute approximate surface area is 117 Å². The average Bonchev–Trinajstić information content (AvgIpc) is 2.20. The molecule has 2 heteroatoms. The SMILES string of the molecule is CC.CC(C)(C)Oc1ccccc1SC(C)(C)C. The highest BCUT2D eigenvalue weighted by Gasteiger charge is 2.18. The van der Waals surface area contributed by atoms with Gasteiger partial charge in [0.1, 0.15) is 11.4 Å². The van der Waals surface area contributed by atoms with E-state index in [1.165, 1.54) is 4.90 Å². The Morgan fingerprint density at radius 2 is 1.39 bits per heavy atom. The van der Waals surface area contributed by atoms with Gasteiger partial charge in [0.05, 0.1) is 0 Å². The quantitative estimate of drug-likeness (QED) is 0.629. The molecule has 18 heavy (non-hydrogen) atoms. The molecule has 0 aromatic heterocycles. The van der Waals surface area contributed by atoms with Crippen molar-refractivity contribution in [2.45, 2.75) is 70.6 Å². The van der Waals surface area contributed by atoms with Crippen LogP contribution in [0.4, 0.5) is 0 Å². The van der Waals surface area contributed by atoms with Crippen LogP contribution in [0.25, 0.3) is 0 Å². The summed E-state index contributed by atoms with van der Waals surface area (Å²) >= 11 is 1.84. The van der Waals surface area contributed by atoms with E-state index >= 15 is 0 Å². The van der Waals surface area contributed by atoms with E-state index in [9.17, 15) is 0 Å². The molecule has 0 atom stereocenters. The van der Waals surface area contributed by atoms with Gasteiger partial charge in [-0.2, -0.15) is 0 Å². The lowest BCUT2D eigenvalue weighted by molar-refractivity contribution is 0.127. The molecule has 0 spiro atoms. The first-order chi connectivity index (χ1) is 8.17. The molecular formula is C16H28OS. The fourth-order valence-electron chi connectivity index (χ4n) is 1.28. The predicted octanol–water partition coefficient (Wildman–Crippen LogP) is 5.78. The van der Waals surface area contributed by atoms with Crippen LogP contribution in [0.2, 0.25) is 0 Å². The minimum Gasteiger partial charge on any atom is -0.487 e. The summed E-state index contributed by atoms with van der Waals surface area (Å²) in [6, 6.07) is 8.24. The Morgan fingerprint density at radius 1 is 0.889 bits per heavy atom. The molecule has 0 aliphatic rings. The second kappa shape index (κ2) is 7.08. The number of ether oxygens (including phenoxy) is 1. The maximum atomic E-state index is 5.96. The minimum atomic E-state index is -0.144. The van der Waals surface area contributed by atoms with Crippen LogP contribution >= 0.6 is 11.8 Å². The molecule has 1 aromatic carbocycles. The highest BCUT2D eigenvalue weighted by molar-refractivity contribution is 8.00. The van der Waals surface area contributed by atoms with Crippen molar-refractivity contribution in [1.29, 1.82) is 0 Å². The van der Waals surface area contributed by atoms with E-state index in [2.05, 4.69) is 53.7 Å². The Kier molecular flexibility index (Phi) is 6.83. The first kappa shape index (κ1) is 17.4. The van der Waals surface area contributed by atoms with E-state index in [0.717, 1.165) is 5.75 Å². The number of rotatable bonds is 2. The van der Waals surface area contributed by atoms with Gasteiger partial charge in [-0.15, -0.1) is 11.8 Å². The molecule has 0 amide bonds. The van der Waals surface area contributed by atoms with Gasteiger partial charge in [0, 0.05) is 9.64 Å². The van der Waals surface area contributed by atoms with Gasteiger partial charge in [0.25, 0.3) is 0 Å². The first-order valence-corrected chi connectivity index (χ1v) is 7.46. The zero-order valence-corrected chi connectivity index (χ0v) is 13.9. The van der Waals surface area contributed by atoms with Crippen molar-refractivity contribution in [3.05, 3.63) is 24.3 Å². The maximum absolute atomic E-state index is 5.96. The average molecular weight is 268 g/mol. The highest BCUT2D eigenvalue weighted by atomic mass is 32.2. The van der Waals surface area contributed by atoms with Gasteiger partial charge in [0.2, 0.25) is 0 Å². The molecule has 0 bridgehead atoms. The summed E-state index contributed by atoms with van der Waals surface area (Å²) in [4.78, 5) is 1.21. The third-order valence-electron chi connectivity index (χ3n) is 1.68. The number of benzene rings is 1. The van der Waals surface area contributed by atoms with Crippen molar-refractivity contribution in [3.63, 3.8) is 0 Å². The largest absolute Gasteiger partial charge is 0.487 e. The summed E-state index contributed by atoms with van der Waals surface area (Å²) in [5, 5.41) is 0. The Hall–Kier alpha value is -0.630. The molecule has 0 fully saturated rings. The van der Waals surface area contributed by atoms with Crippen LogP contribution in [0, 0.1) is 0 Å². The van der Waals surface area contributed by atoms with E-state index in [1.54, 1.807) is 0 Å². The fraction of sp³-hybridized carbons (Fsp3) is 0.625. The lowest BCUT2D eigenvalue weighted by Gasteiger charge is -2.25. The van der Waals surface area contributed by atoms with Gasteiger partial charge >= 0.3 is 0 Å². The maximum Gasteiger partial charge on any atom is 0.133 e. The van der Waals surface area contributed by atoms with Crippen LogP contribution in [-0.4, -0.2) is 10.3 Å². The molecule has 0 aliphatic carbocycles. The van der Waals surface area contributed by atoms with Gasteiger partial charge in [-0.1, -0.05) is 46.8 Å². The summed E-state index contributed by atoms with van der Waals surface area (Å²) in [5.41, 5.74) is -0.144. The Morgan fingerprint density at radius 3 is 1.83 bits per heavy atom. The van der Waals surface area contributed by atoms with Crippen molar-refractivity contribution in [3.8, 4) is 5.75 Å². The standard InChI is InChI=1S/C14H22OS.C2H6/c1-13(2,3)15-11-9-7-8-10-12(11)16-14(4,5)6;1-2/h7-10H,1-6H3;1-2H3. The van der Waals surface area contributed by atoms with E-state index in [4.69, 9.17) is 4.74 Å². The predicted molar refractivity (Wildman–Crippen MR) is 83.8 cm³/mol. The molecule has 0 saturated heterocycles. The number of hydrogen-bond donors (Lipinski definition) is 0. The lowest BCUT2D eigenvalue weighted by Crippen LogP contribution is -2.23. The van der Waals surface area contributed by atoms with Gasteiger partial charge in [-0.05, 0) is 32.9 Å². The van der Waals surface area contributed by atoms with Crippen LogP contribution in [0.3, 0.4) is 0 Å². The number of para-hydroxylation sites is 1. The van der Waals surface area contributed by atoms with Crippen LogP contribution in [0.5, 0.6) is 5.75 Å². The number of thioether (sulfide) groups is 1. The molecule has 104 valence electrons. The van der Waals surface area contributed by atoms with Gasteiger partial charge < -0.3 is 4.74 Å². The normalized spacial score (nSPS) is 11.6. The molecule has 1 rings (SSSR count). The molecule has 0 N–H and O–H groups in total. The molecule has 0 heterocycles. The van der Waals surface area contributed by atoms with E-state index in [1.807, 2.05) is 37.7 Å². The smallest absolute Gasteiger partial charge is 0.133 e. The third-order valence-corrected chi connectivity index (χ3v) is 2.85. The first-order valence-electron chi connectivity index (χ1n) is 6.64. The van der Waals surface area contributed by atoms with Crippen LogP contribution < -0.4 is 4.74 Å². The molecule has 0 saturated carbocycles. The Balaban J connectivity index is 0.00000137. The van der Waals surface area contributed by atoms with Gasteiger partial charge in [-0.3, -0.25) is 0 Å². The second-order valence-electron chi connectivity index (χ2n) is 5.88. The molecule has 1 aromatic rings. The fourth-order valence-corrected chi connectivity index (χ4v) is 2.30. The molecule has 0 radical (unpaired) electrons. The summed E-state index contributed by atoms with van der Waals surface area (Å²) in [6.45, 7) is 16.9. The van der Waals surface area contributed by atoms with E-state index < -0.39 is 0 Å². The van der Waals surface area contributed by atoms with E-state index in [0.29, 0.717) is 0 Å². The number of hydrogen-bond acceptors (Lipinski definition) is 2. The molecule has 0 aliphatic heterocycles. The highest BCUT2D eigenvalue weighted by Crippen LogP contribution is 2.38. The minimum absolute atomic E-state index is 0.144. The van der Waals surface area contributed by atoms with E-state index in [-0.39, 0.29) is 10.3 Å². The monoisotopic (exact) mass is 268 g/mol. The lowest BCUT2D eigenvalue weighted by atomic mass is 10.2. The summed E-state index contributed by atoms with van der Waals surface area (Å²) < 4.78 is 6.16. The summed E-state index contributed by atoms with van der Waals surface area (Å²) in [5.74, 6) is 0.981. The zero-order chi connectivity index (χ0) is 14.4. The van der Waals surface area contributed by atoms with Crippen LogP contribution in [0.15, 0.2) is 29.2 Å². The van der Waals surface area contributed by atoms with Gasteiger partial charge in [-0.25, -0.2) is 0 Å². The molecule has 0 unspecified atom stereocenters. The summed E-state index contributed by atoms with van der Waals surface area (Å²) in [6.07, 6.45) is 0. The van der Waals surface area contributed by atoms with Crippen LogP contribution in [-0.2, 0) is 0 Å². The van der Waals surface area contributed by atoms with Crippen molar-refractivity contribution in [2.24, 2.45) is 0 Å². The van der Waals surface area contributed by atoms with Crippen molar-refractivity contribution in [1.82, 2.24) is 0 Å². The van der Waals surface area contributed by atoms with Crippen molar-refractivity contribution >= 4 is 11.8 Å². The van der Waals surface area contributed by atoms with Crippen LogP contribution in [0.1, 0.15) is 55.4 Å². The summed E-state index contributed by atoms with van der Waals surface area (Å²) in [7, 11) is 0. The van der Waals surface area contributed by atoms with Gasteiger partial charge in [0.15, 0.2) is 0 Å². The van der Waals surface area contributed by atoms with Crippen molar-refractivity contribution in [2.75, 3.05) is 0 Å². The molecule has 1 nitrogen and oxygen atoms in total. The Bertz CT molecular complexity index is 310.